The third-order valence-electron chi connectivity index (χ3n) is 9.06. The molecule has 0 aliphatic carbocycles. The number of rotatable bonds is 4. The van der Waals surface area contributed by atoms with Crippen molar-refractivity contribution in [3.05, 3.63) is 138 Å². The molecule has 5 aromatic carbocycles. The largest absolute Gasteiger partial charge is 0.294 e. The summed E-state index contributed by atoms with van der Waals surface area (Å²) in [5, 5.41) is 14.4. The van der Waals surface area contributed by atoms with E-state index in [4.69, 9.17) is 10.2 Å². The van der Waals surface area contributed by atoms with Gasteiger partial charge in [0.1, 0.15) is 11.6 Å². The van der Waals surface area contributed by atoms with Gasteiger partial charge in [-0.1, -0.05) is 78.0 Å². The van der Waals surface area contributed by atoms with Crippen LogP contribution in [0.25, 0.3) is 66.3 Å². The third-order valence-corrected chi connectivity index (χ3v) is 10.1. The van der Waals surface area contributed by atoms with Gasteiger partial charge in [-0.15, -0.1) is 10.2 Å². The lowest BCUT2D eigenvalue weighted by Gasteiger charge is -2.14. The van der Waals surface area contributed by atoms with Crippen molar-refractivity contribution in [2.75, 3.05) is 0 Å². The van der Waals surface area contributed by atoms with Crippen LogP contribution in [0.1, 0.15) is 16.7 Å². The number of hydrogen-bond donors (Lipinski definition) is 0. The first-order chi connectivity index (χ1) is 23.0. The summed E-state index contributed by atoms with van der Waals surface area (Å²) in [5.41, 5.74) is 8.34. The van der Waals surface area contributed by atoms with Crippen LogP contribution in [0.15, 0.2) is 125 Å². The number of aryl methyl sites for hydroxylation is 3. The Kier molecular flexibility index (Phi) is 6.20. The molecule has 4 aromatic heterocycles. The van der Waals surface area contributed by atoms with Gasteiger partial charge in [-0.05, 0) is 85.8 Å². The molecule has 47 heavy (non-hydrogen) atoms. The number of para-hydroxylation sites is 2. The van der Waals surface area contributed by atoms with E-state index in [0.29, 0.717) is 10.5 Å². The standard InChI is InChI=1S/C40H28FN5S/c1-23-18-24(2)38(25(3)19-23)40-44-43-39-31-22-36(32(41)21-30(31)28-11-5-7-13-34(28)46(39)40)47-26-15-16-29-27-10-4-6-12-33(27)45(35(29)20-26)37-14-8-9-17-42-37/h4-22H,1-3H3. The van der Waals surface area contributed by atoms with Crippen molar-refractivity contribution in [1.82, 2.24) is 24.1 Å². The van der Waals surface area contributed by atoms with E-state index in [1.54, 1.807) is 12.3 Å². The smallest absolute Gasteiger partial charge is 0.169 e. The van der Waals surface area contributed by atoms with Gasteiger partial charge in [0.25, 0.3) is 0 Å². The molecule has 0 radical (unpaired) electrons. The second-order valence-electron chi connectivity index (χ2n) is 12.1. The summed E-state index contributed by atoms with van der Waals surface area (Å²) in [5.74, 6) is 1.36. The van der Waals surface area contributed by atoms with Gasteiger partial charge in [0.2, 0.25) is 0 Å². The third kappa shape index (κ3) is 4.27. The number of fused-ring (bicyclic) bond motifs is 9. The zero-order chi connectivity index (χ0) is 31.8. The molecule has 0 spiro atoms. The SMILES string of the molecule is Cc1cc(C)c(-c2nnc3c4cc(Sc5ccc6c7ccccc7n(-c7ccccn7)c6c5)c(F)cc4c4ccccc4n23)c(C)c1. The van der Waals surface area contributed by atoms with Crippen molar-refractivity contribution < 1.29 is 4.39 Å². The summed E-state index contributed by atoms with van der Waals surface area (Å²) in [6, 6.07) is 36.7. The van der Waals surface area contributed by atoms with Gasteiger partial charge in [0.15, 0.2) is 11.5 Å². The van der Waals surface area contributed by atoms with Crippen molar-refractivity contribution in [3.63, 3.8) is 0 Å². The Morgan fingerprint density at radius 3 is 2.09 bits per heavy atom. The van der Waals surface area contributed by atoms with Crippen molar-refractivity contribution in [2.45, 2.75) is 30.6 Å². The monoisotopic (exact) mass is 629 g/mol. The van der Waals surface area contributed by atoms with E-state index in [0.717, 1.165) is 76.7 Å². The molecule has 7 heteroatoms. The van der Waals surface area contributed by atoms with Crippen LogP contribution in [-0.2, 0) is 0 Å². The number of halogens is 1. The van der Waals surface area contributed by atoms with Crippen LogP contribution in [-0.4, -0.2) is 24.1 Å². The molecule has 9 rings (SSSR count). The molecule has 0 unspecified atom stereocenters. The van der Waals surface area contributed by atoms with Crippen molar-refractivity contribution in [3.8, 4) is 17.2 Å². The average molecular weight is 630 g/mol. The lowest BCUT2D eigenvalue weighted by molar-refractivity contribution is 0.604. The number of nitrogens with zero attached hydrogens (tertiary/aromatic N) is 5. The van der Waals surface area contributed by atoms with Gasteiger partial charge in [-0.2, -0.15) is 0 Å². The molecule has 0 saturated heterocycles. The summed E-state index contributed by atoms with van der Waals surface area (Å²) in [6.07, 6.45) is 1.81. The first-order valence-corrected chi connectivity index (χ1v) is 16.4. The summed E-state index contributed by atoms with van der Waals surface area (Å²) in [6.45, 7) is 6.35. The van der Waals surface area contributed by atoms with Crippen molar-refractivity contribution in [1.29, 1.82) is 0 Å². The minimum absolute atomic E-state index is 0.271. The highest BCUT2D eigenvalue weighted by atomic mass is 32.2. The number of aromatic nitrogens is 5. The molecule has 5 nitrogen and oxygen atoms in total. The van der Waals surface area contributed by atoms with E-state index in [2.05, 4.69) is 89.3 Å². The lowest BCUT2D eigenvalue weighted by atomic mass is 9.99. The zero-order valence-corrected chi connectivity index (χ0v) is 26.8. The zero-order valence-electron chi connectivity index (χ0n) is 26.0. The van der Waals surface area contributed by atoms with Gasteiger partial charge in [0.05, 0.1) is 16.6 Å². The Labute approximate surface area is 274 Å². The fourth-order valence-electron chi connectivity index (χ4n) is 7.19. The summed E-state index contributed by atoms with van der Waals surface area (Å²) >= 11 is 1.42. The second-order valence-corrected chi connectivity index (χ2v) is 13.2. The Bertz CT molecular complexity index is 2690. The molecular weight excluding hydrogens is 602 g/mol. The summed E-state index contributed by atoms with van der Waals surface area (Å²) in [4.78, 5) is 6.12. The van der Waals surface area contributed by atoms with E-state index in [1.807, 2.05) is 48.5 Å². The van der Waals surface area contributed by atoms with Gasteiger partial charge in [-0.3, -0.25) is 8.97 Å². The fourth-order valence-corrected chi connectivity index (χ4v) is 8.08. The maximum Gasteiger partial charge on any atom is 0.169 e. The maximum atomic E-state index is 16.1. The van der Waals surface area contributed by atoms with E-state index in [9.17, 15) is 0 Å². The van der Waals surface area contributed by atoms with E-state index >= 15 is 4.39 Å². The van der Waals surface area contributed by atoms with E-state index < -0.39 is 0 Å². The van der Waals surface area contributed by atoms with E-state index in [-0.39, 0.29) is 5.82 Å². The molecule has 4 heterocycles. The average Bonchev–Trinajstić information content (AvgIpc) is 3.65. The van der Waals surface area contributed by atoms with Crippen LogP contribution >= 0.6 is 11.8 Å². The molecule has 0 amide bonds. The second kappa shape index (κ2) is 10.5. The van der Waals surface area contributed by atoms with Gasteiger partial charge < -0.3 is 0 Å². The maximum absolute atomic E-state index is 16.1. The summed E-state index contributed by atoms with van der Waals surface area (Å²) in [7, 11) is 0. The van der Waals surface area contributed by atoms with Gasteiger partial charge >= 0.3 is 0 Å². The predicted octanol–water partition coefficient (Wildman–Crippen LogP) is 10.4. The molecule has 0 saturated carbocycles. The predicted molar refractivity (Wildman–Crippen MR) is 190 cm³/mol. The van der Waals surface area contributed by atoms with Gasteiger partial charge in [0, 0.05) is 43.1 Å². The minimum Gasteiger partial charge on any atom is -0.294 e. The van der Waals surface area contributed by atoms with Crippen LogP contribution < -0.4 is 0 Å². The lowest BCUT2D eigenvalue weighted by Crippen LogP contribution is -1.98. The molecule has 9 aromatic rings. The van der Waals surface area contributed by atoms with Gasteiger partial charge in [-0.25, -0.2) is 9.37 Å². The first kappa shape index (κ1) is 27.8. The van der Waals surface area contributed by atoms with Crippen LogP contribution in [0.5, 0.6) is 0 Å². The van der Waals surface area contributed by atoms with Crippen LogP contribution in [0, 0.1) is 26.6 Å². The van der Waals surface area contributed by atoms with Crippen LogP contribution in [0.2, 0.25) is 0 Å². The highest BCUT2D eigenvalue weighted by molar-refractivity contribution is 7.99. The molecule has 0 N–H and O–H groups in total. The quantitative estimate of drug-likeness (QED) is 0.182. The minimum atomic E-state index is -0.271. The van der Waals surface area contributed by atoms with Crippen LogP contribution in [0.4, 0.5) is 4.39 Å². The Morgan fingerprint density at radius 2 is 1.32 bits per heavy atom. The fraction of sp³-hybridized carbons (Fsp3) is 0.0750. The molecule has 0 atom stereocenters. The Hall–Kier alpha value is -5.53. The summed E-state index contributed by atoms with van der Waals surface area (Å²) < 4.78 is 20.4. The number of pyridine rings is 2. The Morgan fingerprint density at radius 1 is 0.617 bits per heavy atom. The molecule has 0 bridgehead atoms. The molecule has 226 valence electrons. The molecule has 0 fully saturated rings. The first-order valence-electron chi connectivity index (χ1n) is 15.6. The Balaban J connectivity index is 1.25. The van der Waals surface area contributed by atoms with E-state index in [1.165, 1.54) is 17.3 Å². The number of hydrogen-bond acceptors (Lipinski definition) is 4. The van der Waals surface area contributed by atoms with Crippen LogP contribution in [0.3, 0.4) is 0 Å². The molecule has 0 aliphatic rings. The highest BCUT2D eigenvalue weighted by Crippen LogP contribution is 2.40. The highest BCUT2D eigenvalue weighted by Gasteiger charge is 2.21. The normalized spacial score (nSPS) is 11.9. The molecular formula is C40H28FN5S. The van der Waals surface area contributed by atoms with Crippen molar-refractivity contribution >= 4 is 60.9 Å². The van der Waals surface area contributed by atoms with Crippen molar-refractivity contribution in [2.24, 2.45) is 0 Å². The number of benzene rings is 5. The topological polar surface area (TPSA) is 48.0 Å². The molecule has 0 aliphatic heterocycles.